The number of hydrogen-bond donors (Lipinski definition) is 1. The molecule has 1 unspecified atom stereocenters. The van der Waals surface area contributed by atoms with Gasteiger partial charge in [0.1, 0.15) is 0 Å². The van der Waals surface area contributed by atoms with E-state index in [1.807, 2.05) is 6.92 Å². The number of hydrogen-bond acceptors (Lipinski definition) is 3. The summed E-state index contributed by atoms with van der Waals surface area (Å²) < 4.78 is 0. The molecule has 0 aliphatic heterocycles. The van der Waals surface area contributed by atoms with Crippen LogP contribution in [0.3, 0.4) is 0 Å². The minimum absolute atomic E-state index is 0.0492. The van der Waals surface area contributed by atoms with Gasteiger partial charge in [-0.1, -0.05) is 30.9 Å². The van der Waals surface area contributed by atoms with Crippen LogP contribution in [0.2, 0.25) is 5.02 Å². The summed E-state index contributed by atoms with van der Waals surface area (Å²) in [6.07, 6.45) is 5.88. The molecule has 1 saturated carbocycles. The Bertz CT molecular complexity index is 542. The van der Waals surface area contributed by atoms with Crippen molar-refractivity contribution in [1.82, 2.24) is 5.32 Å². The van der Waals surface area contributed by atoms with Gasteiger partial charge in [-0.15, -0.1) is 0 Å². The molecule has 0 radical (unpaired) electrons. The molecule has 0 bridgehead atoms. The quantitative estimate of drug-likeness (QED) is 0.676. The molecule has 1 fully saturated rings. The van der Waals surface area contributed by atoms with E-state index in [9.17, 15) is 14.9 Å². The molecule has 5 nitrogen and oxygen atoms in total. The van der Waals surface area contributed by atoms with Gasteiger partial charge in [-0.25, -0.2) is 0 Å². The summed E-state index contributed by atoms with van der Waals surface area (Å²) in [5.41, 5.74) is 0.0309. The van der Waals surface area contributed by atoms with Crippen LogP contribution in [-0.4, -0.2) is 16.9 Å². The maximum Gasteiger partial charge on any atom is 0.270 e. The highest BCUT2D eigenvalue weighted by molar-refractivity contribution is 6.33. The number of halogens is 1. The van der Waals surface area contributed by atoms with Crippen molar-refractivity contribution in [2.45, 2.75) is 45.1 Å². The predicted octanol–water partition coefficient (Wildman–Crippen LogP) is 3.95. The second-order valence-electron chi connectivity index (χ2n) is 5.58. The second-order valence-corrected chi connectivity index (χ2v) is 5.99. The molecule has 0 saturated heterocycles. The first-order valence-electron chi connectivity index (χ1n) is 7.24. The number of rotatable bonds is 4. The molecule has 1 aromatic rings. The van der Waals surface area contributed by atoms with Gasteiger partial charge in [-0.3, -0.25) is 14.9 Å². The lowest BCUT2D eigenvalue weighted by Gasteiger charge is -2.28. The van der Waals surface area contributed by atoms with E-state index in [0.717, 1.165) is 12.8 Å². The van der Waals surface area contributed by atoms with Crippen LogP contribution in [0.15, 0.2) is 18.2 Å². The van der Waals surface area contributed by atoms with E-state index in [4.69, 9.17) is 11.6 Å². The van der Waals surface area contributed by atoms with Gasteiger partial charge in [-0.2, -0.15) is 0 Å². The van der Waals surface area contributed by atoms with Gasteiger partial charge in [-0.05, 0) is 31.7 Å². The summed E-state index contributed by atoms with van der Waals surface area (Å²) in [5.74, 6) is 0.127. The molecule has 114 valence electrons. The molecular formula is C15H19ClN2O3. The number of carbonyl (C=O) groups is 1. The molecule has 6 heteroatoms. The third-order valence-electron chi connectivity index (χ3n) is 4.12. The number of nitrogens with one attached hydrogen (secondary N) is 1. The third-order valence-corrected chi connectivity index (χ3v) is 4.45. The average molecular weight is 311 g/mol. The van der Waals surface area contributed by atoms with Crippen molar-refractivity contribution >= 4 is 23.2 Å². The molecule has 0 spiro atoms. The van der Waals surface area contributed by atoms with Gasteiger partial charge in [0.05, 0.1) is 15.5 Å². The summed E-state index contributed by atoms with van der Waals surface area (Å²) >= 11 is 5.98. The fraction of sp³-hybridized carbons (Fsp3) is 0.533. The Balaban J connectivity index is 2.08. The Labute approximate surface area is 128 Å². The molecule has 1 aliphatic rings. The van der Waals surface area contributed by atoms with E-state index in [2.05, 4.69) is 5.32 Å². The molecule has 0 heterocycles. The number of carbonyl (C=O) groups excluding carboxylic acids is 1. The smallest absolute Gasteiger partial charge is 0.270 e. The molecule has 2 rings (SSSR count). The maximum absolute atomic E-state index is 12.3. The minimum atomic E-state index is -0.530. The Morgan fingerprint density at radius 2 is 2.05 bits per heavy atom. The summed E-state index contributed by atoms with van der Waals surface area (Å²) in [6.45, 7) is 1.99. The van der Waals surface area contributed by atoms with Crippen LogP contribution in [0.4, 0.5) is 5.69 Å². The Morgan fingerprint density at radius 3 is 2.67 bits per heavy atom. The van der Waals surface area contributed by atoms with Crippen molar-refractivity contribution in [2.75, 3.05) is 0 Å². The van der Waals surface area contributed by atoms with E-state index in [1.54, 1.807) is 0 Å². The number of non-ortho nitro benzene ring substituents is 1. The lowest BCUT2D eigenvalue weighted by atomic mass is 9.84. The monoisotopic (exact) mass is 310 g/mol. The number of nitrogens with zero attached hydrogens (tertiary/aromatic N) is 1. The highest BCUT2D eigenvalue weighted by Gasteiger charge is 2.23. The number of benzene rings is 1. The minimum Gasteiger partial charge on any atom is -0.349 e. The van der Waals surface area contributed by atoms with Gasteiger partial charge in [0.25, 0.3) is 11.6 Å². The molecule has 1 aliphatic carbocycles. The number of nitro groups is 1. The predicted molar refractivity (Wildman–Crippen MR) is 81.6 cm³/mol. The van der Waals surface area contributed by atoms with Crippen LogP contribution < -0.4 is 5.32 Å². The molecule has 1 atom stereocenters. The molecular weight excluding hydrogens is 292 g/mol. The highest BCUT2D eigenvalue weighted by atomic mass is 35.5. The van der Waals surface area contributed by atoms with Crippen LogP contribution in [0.25, 0.3) is 0 Å². The normalized spacial score (nSPS) is 17.2. The van der Waals surface area contributed by atoms with E-state index in [1.165, 1.54) is 37.5 Å². The Morgan fingerprint density at radius 1 is 1.38 bits per heavy atom. The van der Waals surface area contributed by atoms with Crippen molar-refractivity contribution < 1.29 is 9.72 Å². The van der Waals surface area contributed by atoms with Crippen LogP contribution in [0, 0.1) is 16.0 Å². The molecule has 1 N–H and O–H groups in total. The third kappa shape index (κ3) is 3.94. The van der Waals surface area contributed by atoms with Gasteiger partial charge in [0.15, 0.2) is 0 Å². The summed E-state index contributed by atoms with van der Waals surface area (Å²) in [4.78, 5) is 22.5. The maximum atomic E-state index is 12.3. The summed E-state index contributed by atoms with van der Waals surface area (Å²) in [6, 6.07) is 3.96. The van der Waals surface area contributed by atoms with Crippen molar-refractivity contribution in [2.24, 2.45) is 5.92 Å². The molecule has 21 heavy (non-hydrogen) atoms. The topological polar surface area (TPSA) is 72.2 Å². The first-order valence-corrected chi connectivity index (χ1v) is 7.61. The lowest BCUT2D eigenvalue weighted by molar-refractivity contribution is -0.384. The highest BCUT2D eigenvalue weighted by Crippen LogP contribution is 2.27. The molecule has 0 aromatic heterocycles. The van der Waals surface area contributed by atoms with Crippen molar-refractivity contribution in [3.8, 4) is 0 Å². The lowest BCUT2D eigenvalue weighted by Crippen LogP contribution is -2.39. The van der Waals surface area contributed by atoms with Crippen LogP contribution in [-0.2, 0) is 0 Å². The van der Waals surface area contributed by atoms with E-state index in [0.29, 0.717) is 5.92 Å². The van der Waals surface area contributed by atoms with Crippen molar-refractivity contribution in [3.63, 3.8) is 0 Å². The van der Waals surface area contributed by atoms with E-state index < -0.39 is 4.92 Å². The van der Waals surface area contributed by atoms with Crippen LogP contribution in [0.5, 0.6) is 0 Å². The van der Waals surface area contributed by atoms with Crippen molar-refractivity contribution in [1.29, 1.82) is 0 Å². The number of nitro benzene ring substituents is 1. The zero-order valence-electron chi connectivity index (χ0n) is 12.0. The Kier molecular flexibility index (Phi) is 5.17. The summed E-state index contributed by atoms with van der Waals surface area (Å²) in [7, 11) is 0. The van der Waals surface area contributed by atoms with Gasteiger partial charge < -0.3 is 5.32 Å². The average Bonchev–Trinajstić information content (AvgIpc) is 2.48. The zero-order valence-corrected chi connectivity index (χ0v) is 12.7. The van der Waals surface area contributed by atoms with Crippen molar-refractivity contribution in [3.05, 3.63) is 38.9 Å². The summed E-state index contributed by atoms with van der Waals surface area (Å²) in [5, 5.41) is 13.9. The van der Waals surface area contributed by atoms with Gasteiger partial charge >= 0.3 is 0 Å². The van der Waals surface area contributed by atoms with E-state index >= 15 is 0 Å². The zero-order chi connectivity index (χ0) is 15.4. The van der Waals surface area contributed by atoms with Gasteiger partial charge in [0.2, 0.25) is 0 Å². The molecule has 1 aromatic carbocycles. The Hall–Kier alpha value is -1.62. The van der Waals surface area contributed by atoms with Crippen LogP contribution >= 0.6 is 11.6 Å². The number of amides is 1. The first-order chi connectivity index (χ1) is 9.99. The van der Waals surface area contributed by atoms with Crippen LogP contribution in [0.1, 0.15) is 49.4 Å². The second kappa shape index (κ2) is 6.89. The fourth-order valence-electron chi connectivity index (χ4n) is 2.84. The van der Waals surface area contributed by atoms with E-state index in [-0.39, 0.29) is 28.2 Å². The first kappa shape index (κ1) is 15.8. The van der Waals surface area contributed by atoms with Gasteiger partial charge in [0, 0.05) is 18.2 Å². The SMILES string of the molecule is CC(NC(=O)c1cc([N+](=O)[O-])ccc1Cl)C1CCCCC1. The largest absolute Gasteiger partial charge is 0.349 e. The fourth-order valence-corrected chi connectivity index (χ4v) is 3.04. The standard InChI is InChI=1S/C15H19ClN2O3/c1-10(11-5-3-2-4-6-11)17-15(19)13-9-12(18(20)21)7-8-14(13)16/h7-11H,2-6H2,1H3,(H,17,19). The molecule has 1 amide bonds.